The molecule has 164 valence electrons. The van der Waals surface area contributed by atoms with Gasteiger partial charge in [0.1, 0.15) is 0 Å². The molecule has 3 amide bonds. The van der Waals surface area contributed by atoms with Crippen LogP contribution in [0.25, 0.3) is 6.08 Å². The van der Waals surface area contributed by atoms with E-state index in [4.69, 9.17) is 0 Å². The quantitative estimate of drug-likeness (QED) is 0.717. The highest BCUT2D eigenvalue weighted by molar-refractivity contribution is 5.94. The van der Waals surface area contributed by atoms with Crippen LogP contribution in [0.5, 0.6) is 0 Å². The summed E-state index contributed by atoms with van der Waals surface area (Å²) in [7, 11) is 1.63. The fourth-order valence-electron chi connectivity index (χ4n) is 3.26. The standard InChI is InChI=1S/C23H34N4O3/c1-18-8-6-7-9-19(18)10-11-21(29)25(5)17-22(30)27-14-12-26(13-15-27)16-20(28)24-23(2,3)4/h6-11H,12-17H2,1-5H3,(H,24,28)/b11-10+. The predicted octanol–water partition coefficient (Wildman–Crippen LogP) is 1.53. The Balaban J connectivity index is 1.78. The van der Waals surface area contributed by atoms with Gasteiger partial charge in [-0.2, -0.15) is 0 Å². The first-order valence-electron chi connectivity index (χ1n) is 10.3. The number of nitrogens with zero attached hydrogens (tertiary/aromatic N) is 3. The molecule has 7 nitrogen and oxygen atoms in total. The Bertz CT molecular complexity index is 790. The molecule has 0 aromatic heterocycles. The number of benzene rings is 1. The number of likely N-dealkylation sites (N-methyl/N-ethyl adjacent to an activating group) is 1. The highest BCUT2D eigenvalue weighted by Crippen LogP contribution is 2.09. The molecule has 0 spiro atoms. The molecule has 1 aromatic carbocycles. The lowest BCUT2D eigenvalue weighted by Gasteiger charge is -2.35. The smallest absolute Gasteiger partial charge is 0.246 e. The molecule has 0 bridgehead atoms. The summed E-state index contributed by atoms with van der Waals surface area (Å²) in [5.41, 5.74) is 1.83. The molecule has 0 atom stereocenters. The van der Waals surface area contributed by atoms with Crippen LogP contribution >= 0.6 is 0 Å². The average molecular weight is 415 g/mol. The number of hydrogen-bond acceptors (Lipinski definition) is 4. The van der Waals surface area contributed by atoms with Crippen LogP contribution in [0.15, 0.2) is 30.3 Å². The second kappa shape index (κ2) is 10.4. The Morgan fingerprint density at radius 3 is 2.33 bits per heavy atom. The van der Waals surface area contributed by atoms with Gasteiger partial charge in [0.15, 0.2) is 0 Å². The van der Waals surface area contributed by atoms with Crippen LogP contribution in [-0.2, 0) is 14.4 Å². The third-order valence-corrected chi connectivity index (χ3v) is 4.95. The van der Waals surface area contributed by atoms with Crippen molar-refractivity contribution in [3.8, 4) is 0 Å². The van der Waals surface area contributed by atoms with E-state index >= 15 is 0 Å². The number of nitrogens with one attached hydrogen (secondary N) is 1. The van der Waals surface area contributed by atoms with E-state index < -0.39 is 0 Å². The average Bonchev–Trinajstić information content (AvgIpc) is 2.66. The largest absolute Gasteiger partial charge is 0.350 e. The Morgan fingerprint density at radius 1 is 1.10 bits per heavy atom. The zero-order valence-corrected chi connectivity index (χ0v) is 18.8. The third-order valence-electron chi connectivity index (χ3n) is 4.95. The molecule has 2 rings (SSSR count). The minimum absolute atomic E-state index is 0.00644. The van der Waals surface area contributed by atoms with Gasteiger partial charge in [0, 0.05) is 44.8 Å². The summed E-state index contributed by atoms with van der Waals surface area (Å²) in [6.07, 6.45) is 3.28. The van der Waals surface area contributed by atoms with Crippen LogP contribution in [0, 0.1) is 6.92 Å². The molecule has 30 heavy (non-hydrogen) atoms. The second-order valence-electron chi connectivity index (χ2n) is 8.84. The lowest BCUT2D eigenvalue weighted by atomic mass is 10.1. The van der Waals surface area contributed by atoms with Gasteiger partial charge in [-0.05, 0) is 44.9 Å². The van der Waals surface area contributed by atoms with E-state index in [9.17, 15) is 14.4 Å². The van der Waals surface area contributed by atoms with E-state index in [0.29, 0.717) is 32.7 Å². The van der Waals surface area contributed by atoms with Crippen molar-refractivity contribution in [2.45, 2.75) is 33.2 Å². The number of carbonyl (C=O) groups is 3. The van der Waals surface area contributed by atoms with Crippen LogP contribution in [0.2, 0.25) is 0 Å². The van der Waals surface area contributed by atoms with Gasteiger partial charge in [0.2, 0.25) is 17.7 Å². The topological polar surface area (TPSA) is 73.0 Å². The summed E-state index contributed by atoms with van der Waals surface area (Å²) in [4.78, 5) is 42.2. The molecule has 0 saturated carbocycles. The van der Waals surface area contributed by atoms with Gasteiger partial charge in [-0.1, -0.05) is 24.3 Å². The van der Waals surface area contributed by atoms with Crippen molar-refractivity contribution in [2.24, 2.45) is 0 Å². The molecule has 1 saturated heterocycles. The summed E-state index contributed by atoms with van der Waals surface area (Å²) in [6, 6.07) is 7.82. The molecule has 7 heteroatoms. The fraction of sp³-hybridized carbons (Fsp3) is 0.522. The van der Waals surface area contributed by atoms with Gasteiger partial charge < -0.3 is 15.1 Å². The van der Waals surface area contributed by atoms with E-state index in [1.54, 1.807) is 18.0 Å². The van der Waals surface area contributed by atoms with E-state index in [1.807, 2.05) is 56.9 Å². The van der Waals surface area contributed by atoms with Crippen molar-refractivity contribution in [3.63, 3.8) is 0 Å². The van der Waals surface area contributed by atoms with E-state index in [0.717, 1.165) is 11.1 Å². The molecule has 1 N–H and O–H groups in total. The molecular formula is C23H34N4O3. The number of piperazine rings is 1. The summed E-state index contributed by atoms with van der Waals surface area (Å²) in [6.45, 7) is 10.6. The number of carbonyl (C=O) groups excluding carboxylic acids is 3. The normalized spacial score (nSPS) is 15.3. The van der Waals surface area contributed by atoms with Gasteiger partial charge in [0.05, 0.1) is 13.1 Å². The van der Waals surface area contributed by atoms with Crippen LogP contribution in [0.1, 0.15) is 31.9 Å². The highest BCUT2D eigenvalue weighted by Gasteiger charge is 2.24. The van der Waals surface area contributed by atoms with Gasteiger partial charge in [-0.25, -0.2) is 0 Å². The molecular weight excluding hydrogens is 380 g/mol. The van der Waals surface area contributed by atoms with Crippen molar-refractivity contribution in [1.82, 2.24) is 20.0 Å². The Kier molecular flexibility index (Phi) is 8.17. The lowest BCUT2D eigenvalue weighted by Crippen LogP contribution is -2.54. The van der Waals surface area contributed by atoms with Gasteiger partial charge >= 0.3 is 0 Å². The SMILES string of the molecule is Cc1ccccc1/C=C/C(=O)N(C)CC(=O)N1CCN(CC(=O)NC(C)(C)C)CC1. The molecule has 0 radical (unpaired) electrons. The monoisotopic (exact) mass is 414 g/mol. The Morgan fingerprint density at radius 2 is 1.73 bits per heavy atom. The molecule has 1 aliphatic rings. The van der Waals surface area contributed by atoms with Crippen LogP contribution in [-0.4, -0.2) is 84.3 Å². The van der Waals surface area contributed by atoms with Crippen LogP contribution in [0.4, 0.5) is 0 Å². The highest BCUT2D eigenvalue weighted by atomic mass is 16.2. The maximum absolute atomic E-state index is 12.6. The van der Waals surface area contributed by atoms with Gasteiger partial charge in [-0.15, -0.1) is 0 Å². The van der Waals surface area contributed by atoms with Crippen LogP contribution < -0.4 is 5.32 Å². The Labute approximate surface area is 179 Å². The number of hydrogen-bond donors (Lipinski definition) is 1. The van der Waals surface area contributed by atoms with E-state index in [1.165, 1.54) is 11.0 Å². The summed E-state index contributed by atoms with van der Waals surface area (Å²) < 4.78 is 0. The molecule has 1 aliphatic heterocycles. The van der Waals surface area contributed by atoms with Crippen molar-refractivity contribution < 1.29 is 14.4 Å². The first-order chi connectivity index (χ1) is 14.0. The van der Waals surface area contributed by atoms with Crippen molar-refractivity contribution in [3.05, 3.63) is 41.5 Å². The maximum atomic E-state index is 12.6. The zero-order valence-electron chi connectivity index (χ0n) is 18.8. The first-order valence-corrected chi connectivity index (χ1v) is 10.3. The predicted molar refractivity (Wildman–Crippen MR) is 119 cm³/mol. The number of rotatable bonds is 6. The van der Waals surface area contributed by atoms with Crippen molar-refractivity contribution >= 4 is 23.8 Å². The van der Waals surface area contributed by atoms with Gasteiger partial charge in [-0.3, -0.25) is 19.3 Å². The summed E-state index contributed by atoms with van der Waals surface area (Å²) in [5.74, 6) is -0.286. The van der Waals surface area contributed by atoms with Gasteiger partial charge in [0.25, 0.3) is 0 Å². The summed E-state index contributed by atoms with van der Waals surface area (Å²) >= 11 is 0. The molecule has 0 aliphatic carbocycles. The minimum atomic E-state index is -0.250. The van der Waals surface area contributed by atoms with Crippen molar-refractivity contribution in [1.29, 1.82) is 0 Å². The van der Waals surface area contributed by atoms with E-state index in [2.05, 4.69) is 5.32 Å². The molecule has 0 unspecified atom stereocenters. The number of amides is 3. The molecule has 1 heterocycles. The van der Waals surface area contributed by atoms with Crippen LogP contribution in [0.3, 0.4) is 0 Å². The third kappa shape index (κ3) is 7.63. The molecule has 1 aromatic rings. The summed E-state index contributed by atoms with van der Waals surface area (Å²) in [5, 5.41) is 2.95. The minimum Gasteiger partial charge on any atom is -0.350 e. The number of aryl methyl sites for hydroxylation is 1. The van der Waals surface area contributed by atoms with E-state index in [-0.39, 0.29) is 29.8 Å². The fourth-order valence-corrected chi connectivity index (χ4v) is 3.26. The Hall–Kier alpha value is -2.67. The van der Waals surface area contributed by atoms with Crippen molar-refractivity contribution in [2.75, 3.05) is 46.3 Å². The lowest BCUT2D eigenvalue weighted by molar-refractivity contribution is -0.138. The molecule has 1 fully saturated rings. The second-order valence-corrected chi connectivity index (χ2v) is 8.84. The zero-order chi connectivity index (χ0) is 22.3. The first kappa shape index (κ1) is 23.6. The maximum Gasteiger partial charge on any atom is 0.246 e.